The van der Waals surface area contributed by atoms with Gasteiger partial charge in [-0.25, -0.2) is 4.99 Å². The first-order valence-corrected chi connectivity index (χ1v) is 11.3. The number of ether oxygens (including phenoxy) is 1. The van der Waals surface area contributed by atoms with Gasteiger partial charge in [-0.1, -0.05) is 42.0 Å². The fourth-order valence-corrected chi connectivity index (χ4v) is 3.57. The summed E-state index contributed by atoms with van der Waals surface area (Å²) < 4.78 is 5.77. The van der Waals surface area contributed by atoms with Gasteiger partial charge in [-0.15, -0.1) is 0 Å². The Morgan fingerprint density at radius 2 is 1.71 bits per heavy atom. The molecule has 1 saturated heterocycles. The first-order valence-electron chi connectivity index (χ1n) is 11.3. The number of benzene rings is 2. The Morgan fingerprint density at radius 3 is 2.39 bits per heavy atom. The smallest absolute Gasteiger partial charge is 0.191 e. The highest BCUT2D eigenvalue weighted by Crippen LogP contribution is 2.14. The Morgan fingerprint density at radius 1 is 1.03 bits per heavy atom. The molecule has 1 fully saturated rings. The van der Waals surface area contributed by atoms with E-state index in [0.29, 0.717) is 19.7 Å². The second-order valence-electron chi connectivity index (χ2n) is 8.11. The van der Waals surface area contributed by atoms with Crippen LogP contribution in [0.15, 0.2) is 53.5 Å². The number of guanidine groups is 1. The summed E-state index contributed by atoms with van der Waals surface area (Å²) in [6, 6.07) is 16.8. The number of nitrogens with one attached hydrogen (secondary N) is 2. The molecule has 1 aliphatic rings. The SMILES string of the molecule is CCNC(=NCc1ccc(CN2CCC(O)CC2)cc1)NCCOc1ccc(C)cc1. The van der Waals surface area contributed by atoms with Crippen molar-refractivity contribution in [1.82, 2.24) is 15.5 Å². The molecule has 3 N–H and O–H groups in total. The number of hydrogen-bond donors (Lipinski definition) is 3. The Bertz CT molecular complexity index is 797. The van der Waals surface area contributed by atoms with Crippen molar-refractivity contribution in [2.24, 2.45) is 4.99 Å². The lowest BCUT2D eigenvalue weighted by atomic mass is 10.1. The van der Waals surface area contributed by atoms with E-state index in [2.05, 4.69) is 65.8 Å². The van der Waals surface area contributed by atoms with Crippen molar-refractivity contribution in [3.05, 3.63) is 65.2 Å². The van der Waals surface area contributed by atoms with Crippen LogP contribution in [-0.2, 0) is 13.1 Å². The minimum absolute atomic E-state index is 0.120. The number of nitrogens with zero attached hydrogens (tertiary/aromatic N) is 2. The molecule has 1 heterocycles. The second kappa shape index (κ2) is 12.3. The molecule has 3 rings (SSSR count). The number of aliphatic imine (C=N–C) groups is 1. The van der Waals surface area contributed by atoms with E-state index in [1.165, 1.54) is 16.7 Å². The molecule has 0 unspecified atom stereocenters. The minimum atomic E-state index is -0.120. The third-order valence-electron chi connectivity index (χ3n) is 5.43. The normalized spacial score (nSPS) is 15.6. The van der Waals surface area contributed by atoms with E-state index in [9.17, 15) is 5.11 Å². The van der Waals surface area contributed by atoms with E-state index in [1.54, 1.807) is 0 Å². The maximum atomic E-state index is 9.64. The zero-order valence-electron chi connectivity index (χ0n) is 18.8. The molecule has 31 heavy (non-hydrogen) atoms. The summed E-state index contributed by atoms with van der Waals surface area (Å²) in [5.41, 5.74) is 3.72. The highest BCUT2D eigenvalue weighted by atomic mass is 16.5. The van der Waals surface area contributed by atoms with Crippen molar-refractivity contribution in [2.75, 3.05) is 32.8 Å². The summed E-state index contributed by atoms with van der Waals surface area (Å²) in [7, 11) is 0. The molecule has 0 saturated carbocycles. The maximum Gasteiger partial charge on any atom is 0.191 e. The average Bonchev–Trinajstić information content (AvgIpc) is 2.78. The first kappa shape index (κ1) is 23.1. The number of piperidine rings is 1. The lowest BCUT2D eigenvalue weighted by Crippen LogP contribution is -2.39. The molecule has 0 radical (unpaired) electrons. The minimum Gasteiger partial charge on any atom is -0.492 e. The highest BCUT2D eigenvalue weighted by molar-refractivity contribution is 5.79. The van der Waals surface area contributed by atoms with Gasteiger partial charge in [-0.2, -0.15) is 0 Å². The first-order chi connectivity index (χ1) is 15.1. The molecule has 1 aliphatic heterocycles. The molecule has 168 valence electrons. The van der Waals surface area contributed by atoms with E-state index >= 15 is 0 Å². The summed E-state index contributed by atoms with van der Waals surface area (Å²) in [5.74, 6) is 1.68. The van der Waals surface area contributed by atoms with E-state index in [1.807, 2.05) is 12.1 Å². The lowest BCUT2D eigenvalue weighted by Gasteiger charge is -2.29. The second-order valence-corrected chi connectivity index (χ2v) is 8.11. The summed E-state index contributed by atoms with van der Waals surface area (Å²) in [5, 5.41) is 16.3. The number of likely N-dealkylation sites (tertiary alicyclic amines) is 1. The quantitative estimate of drug-likeness (QED) is 0.328. The van der Waals surface area contributed by atoms with Crippen LogP contribution in [0.4, 0.5) is 0 Å². The van der Waals surface area contributed by atoms with Crippen LogP contribution in [0.5, 0.6) is 5.75 Å². The van der Waals surface area contributed by atoms with E-state index in [-0.39, 0.29) is 6.10 Å². The Hall–Kier alpha value is -2.57. The van der Waals surface area contributed by atoms with Gasteiger partial charge in [0.2, 0.25) is 0 Å². The average molecular weight is 425 g/mol. The molecule has 0 aromatic heterocycles. The third kappa shape index (κ3) is 8.23. The number of aliphatic hydroxyl groups is 1. The van der Waals surface area contributed by atoms with Crippen molar-refractivity contribution >= 4 is 5.96 Å². The van der Waals surface area contributed by atoms with Crippen molar-refractivity contribution < 1.29 is 9.84 Å². The molecule has 6 nitrogen and oxygen atoms in total. The van der Waals surface area contributed by atoms with Gasteiger partial charge in [0.25, 0.3) is 0 Å². The van der Waals surface area contributed by atoms with Crippen molar-refractivity contribution in [1.29, 1.82) is 0 Å². The zero-order chi connectivity index (χ0) is 21.9. The fourth-order valence-electron chi connectivity index (χ4n) is 3.57. The van der Waals surface area contributed by atoms with Gasteiger partial charge in [0.1, 0.15) is 12.4 Å². The van der Waals surface area contributed by atoms with Crippen LogP contribution in [0, 0.1) is 6.92 Å². The van der Waals surface area contributed by atoms with E-state index in [4.69, 9.17) is 9.73 Å². The van der Waals surface area contributed by atoms with Crippen LogP contribution in [-0.4, -0.2) is 54.9 Å². The van der Waals surface area contributed by atoms with E-state index in [0.717, 1.165) is 50.7 Å². The van der Waals surface area contributed by atoms with Gasteiger partial charge in [0, 0.05) is 26.2 Å². The van der Waals surface area contributed by atoms with Crippen LogP contribution in [0.25, 0.3) is 0 Å². The van der Waals surface area contributed by atoms with Crippen molar-refractivity contribution in [3.63, 3.8) is 0 Å². The molecule has 0 spiro atoms. The Kier molecular flexibility index (Phi) is 9.18. The van der Waals surface area contributed by atoms with Gasteiger partial charge in [-0.3, -0.25) is 4.90 Å². The van der Waals surface area contributed by atoms with Crippen LogP contribution in [0.3, 0.4) is 0 Å². The summed E-state index contributed by atoms with van der Waals surface area (Å²) >= 11 is 0. The van der Waals surface area contributed by atoms with Crippen LogP contribution in [0.1, 0.15) is 36.5 Å². The van der Waals surface area contributed by atoms with Gasteiger partial charge in [-0.05, 0) is 49.9 Å². The monoisotopic (exact) mass is 424 g/mol. The number of aliphatic hydroxyl groups excluding tert-OH is 1. The van der Waals surface area contributed by atoms with Crippen LogP contribution >= 0.6 is 0 Å². The summed E-state index contributed by atoms with van der Waals surface area (Å²) in [6.45, 7) is 9.73. The molecule has 2 aromatic rings. The molecular weight excluding hydrogens is 388 g/mol. The standard InChI is InChI=1S/C25H36N4O2/c1-3-26-25(27-14-17-31-24-10-4-20(2)5-11-24)28-18-21-6-8-22(9-7-21)19-29-15-12-23(30)13-16-29/h4-11,23,30H,3,12-19H2,1-2H3,(H2,26,27,28). The van der Waals surface area contributed by atoms with Gasteiger partial charge in [0.15, 0.2) is 5.96 Å². The highest BCUT2D eigenvalue weighted by Gasteiger charge is 2.16. The molecular formula is C25H36N4O2. The lowest BCUT2D eigenvalue weighted by molar-refractivity contribution is 0.0792. The number of aryl methyl sites for hydroxylation is 1. The third-order valence-corrected chi connectivity index (χ3v) is 5.43. The predicted octanol–water partition coefficient (Wildman–Crippen LogP) is 3.09. The zero-order valence-corrected chi connectivity index (χ0v) is 18.8. The largest absolute Gasteiger partial charge is 0.492 e. The molecule has 0 amide bonds. The Balaban J connectivity index is 1.42. The van der Waals surface area contributed by atoms with Crippen molar-refractivity contribution in [2.45, 2.75) is 45.9 Å². The van der Waals surface area contributed by atoms with Gasteiger partial charge < -0.3 is 20.5 Å². The van der Waals surface area contributed by atoms with Crippen molar-refractivity contribution in [3.8, 4) is 5.75 Å². The topological polar surface area (TPSA) is 69.1 Å². The van der Waals surface area contributed by atoms with E-state index < -0.39 is 0 Å². The van der Waals surface area contributed by atoms with Gasteiger partial charge >= 0.3 is 0 Å². The summed E-state index contributed by atoms with van der Waals surface area (Å²) in [6.07, 6.45) is 1.64. The molecule has 2 aromatic carbocycles. The number of rotatable bonds is 9. The van der Waals surface area contributed by atoms with Crippen LogP contribution < -0.4 is 15.4 Å². The molecule has 0 atom stereocenters. The van der Waals surface area contributed by atoms with Gasteiger partial charge in [0.05, 0.1) is 19.2 Å². The molecule has 0 bridgehead atoms. The molecule has 6 heteroatoms. The summed E-state index contributed by atoms with van der Waals surface area (Å²) in [4.78, 5) is 7.10. The van der Waals surface area contributed by atoms with Crippen LogP contribution in [0.2, 0.25) is 0 Å². The fraction of sp³-hybridized carbons (Fsp3) is 0.480. The maximum absolute atomic E-state index is 9.64. The Labute approximate surface area is 186 Å². The molecule has 0 aliphatic carbocycles. The predicted molar refractivity (Wildman–Crippen MR) is 126 cm³/mol. The number of hydrogen-bond acceptors (Lipinski definition) is 4.